The maximum atomic E-state index is 12.0. The fraction of sp³-hybridized carbons (Fsp3) is 0.188. The molecule has 0 saturated heterocycles. The van der Waals surface area contributed by atoms with Gasteiger partial charge >= 0.3 is 4.87 Å². The number of hydrogen-bond acceptors (Lipinski definition) is 7. The molecule has 0 radical (unpaired) electrons. The minimum Gasteiger partial charge on any atom is -0.324 e. The van der Waals surface area contributed by atoms with Gasteiger partial charge in [-0.2, -0.15) is 8.42 Å². The van der Waals surface area contributed by atoms with E-state index in [1.54, 1.807) is 16.8 Å². The summed E-state index contributed by atoms with van der Waals surface area (Å²) in [5.74, 6) is 0.311. The number of thiazole rings is 1. The molecule has 1 aromatic carbocycles. The van der Waals surface area contributed by atoms with Crippen LogP contribution in [-0.2, 0) is 16.7 Å². The third kappa shape index (κ3) is 3.66. The van der Waals surface area contributed by atoms with Gasteiger partial charge in [-0.15, -0.1) is 0 Å². The number of aromatic nitrogens is 3. The van der Waals surface area contributed by atoms with Crippen LogP contribution < -0.4 is 10.2 Å². The summed E-state index contributed by atoms with van der Waals surface area (Å²) in [6, 6.07) is 7.27. The predicted octanol–water partition coefficient (Wildman–Crippen LogP) is 2.69. The Morgan fingerprint density at radius 2 is 1.92 bits per heavy atom. The molecule has 0 spiro atoms. The predicted molar refractivity (Wildman–Crippen MR) is 99.6 cm³/mol. The van der Waals surface area contributed by atoms with E-state index in [1.165, 1.54) is 24.3 Å². The fourth-order valence-corrected chi connectivity index (χ4v) is 3.97. The van der Waals surface area contributed by atoms with Crippen molar-refractivity contribution in [3.8, 4) is 10.6 Å². The molecule has 26 heavy (non-hydrogen) atoms. The summed E-state index contributed by atoms with van der Waals surface area (Å²) in [6.45, 7) is 4.38. The molecule has 8 nitrogen and oxygen atoms in total. The molecular formula is C16H16N4O4S2. The molecule has 10 heteroatoms. The first-order valence-corrected chi connectivity index (χ1v) is 9.93. The van der Waals surface area contributed by atoms with Gasteiger partial charge in [0.05, 0.1) is 15.5 Å². The van der Waals surface area contributed by atoms with E-state index in [4.69, 9.17) is 4.55 Å². The van der Waals surface area contributed by atoms with Crippen molar-refractivity contribution >= 4 is 33.1 Å². The second-order valence-electron chi connectivity index (χ2n) is 5.42. The molecule has 0 bridgehead atoms. The smallest absolute Gasteiger partial charge is 0.307 e. The average molecular weight is 392 g/mol. The van der Waals surface area contributed by atoms with Crippen LogP contribution in [0.15, 0.2) is 46.2 Å². The lowest BCUT2D eigenvalue weighted by Crippen LogP contribution is -2.12. The van der Waals surface area contributed by atoms with Crippen LogP contribution in [-0.4, -0.2) is 27.5 Å². The normalized spacial score (nSPS) is 11.5. The summed E-state index contributed by atoms with van der Waals surface area (Å²) in [6.07, 6.45) is 1.58. The highest BCUT2D eigenvalue weighted by molar-refractivity contribution is 7.85. The van der Waals surface area contributed by atoms with E-state index in [1.807, 2.05) is 13.8 Å². The zero-order valence-corrected chi connectivity index (χ0v) is 15.6. The molecular weight excluding hydrogens is 376 g/mol. The zero-order valence-electron chi connectivity index (χ0n) is 14.0. The minimum absolute atomic E-state index is 0.0334. The highest BCUT2D eigenvalue weighted by atomic mass is 32.2. The van der Waals surface area contributed by atoms with E-state index < -0.39 is 10.1 Å². The van der Waals surface area contributed by atoms with Gasteiger partial charge in [0, 0.05) is 24.1 Å². The van der Waals surface area contributed by atoms with E-state index in [2.05, 4.69) is 15.3 Å². The lowest BCUT2D eigenvalue weighted by atomic mass is 10.3. The molecule has 3 rings (SSSR count). The Kier molecular flexibility index (Phi) is 4.90. The van der Waals surface area contributed by atoms with Crippen molar-refractivity contribution in [1.29, 1.82) is 0 Å². The van der Waals surface area contributed by atoms with Crippen LogP contribution in [0.4, 0.5) is 11.6 Å². The van der Waals surface area contributed by atoms with Gasteiger partial charge in [0.2, 0.25) is 5.95 Å². The number of benzene rings is 1. The molecule has 0 atom stereocenters. The van der Waals surface area contributed by atoms with Gasteiger partial charge in [-0.05, 0) is 44.2 Å². The Morgan fingerprint density at radius 1 is 1.23 bits per heavy atom. The van der Waals surface area contributed by atoms with Crippen molar-refractivity contribution in [2.24, 2.45) is 0 Å². The van der Waals surface area contributed by atoms with Gasteiger partial charge in [-0.3, -0.25) is 9.35 Å². The van der Waals surface area contributed by atoms with Gasteiger partial charge < -0.3 is 9.88 Å². The SMILES string of the molecule is CCn1c(C)c(-c2ccnc(Nc3ccc(S(=O)(=O)O)cc3)n2)sc1=O. The van der Waals surface area contributed by atoms with E-state index in [0.717, 1.165) is 21.9 Å². The number of nitrogens with zero attached hydrogens (tertiary/aromatic N) is 3. The highest BCUT2D eigenvalue weighted by Crippen LogP contribution is 2.26. The van der Waals surface area contributed by atoms with Gasteiger partial charge in [-0.25, -0.2) is 9.97 Å². The Morgan fingerprint density at radius 3 is 2.50 bits per heavy atom. The number of rotatable bonds is 5. The summed E-state index contributed by atoms with van der Waals surface area (Å²) in [4.78, 5) is 21.1. The summed E-state index contributed by atoms with van der Waals surface area (Å²) in [5.41, 5.74) is 2.04. The van der Waals surface area contributed by atoms with Crippen molar-refractivity contribution in [2.45, 2.75) is 25.3 Å². The lowest BCUT2D eigenvalue weighted by molar-refractivity contribution is 0.483. The fourth-order valence-electron chi connectivity index (χ4n) is 2.46. The molecule has 0 aliphatic heterocycles. The van der Waals surface area contributed by atoms with Crippen molar-refractivity contribution < 1.29 is 13.0 Å². The Bertz CT molecular complexity index is 1100. The molecule has 3 aromatic rings. The van der Waals surface area contributed by atoms with Crippen LogP contribution in [0.25, 0.3) is 10.6 Å². The van der Waals surface area contributed by atoms with Gasteiger partial charge in [-0.1, -0.05) is 11.3 Å². The Hall–Kier alpha value is -2.56. The molecule has 0 amide bonds. The van der Waals surface area contributed by atoms with Gasteiger partial charge in [0.15, 0.2) is 0 Å². The lowest BCUT2D eigenvalue weighted by Gasteiger charge is -2.07. The van der Waals surface area contributed by atoms with Crippen LogP contribution in [0.5, 0.6) is 0 Å². The van der Waals surface area contributed by atoms with E-state index in [9.17, 15) is 13.2 Å². The molecule has 2 N–H and O–H groups in total. The molecule has 136 valence electrons. The van der Waals surface area contributed by atoms with Crippen molar-refractivity contribution in [3.63, 3.8) is 0 Å². The van der Waals surface area contributed by atoms with Gasteiger partial charge in [0.1, 0.15) is 0 Å². The third-order valence-electron chi connectivity index (χ3n) is 3.76. The summed E-state index contributed by atoms with van der Waals surface area (Å²) in [7, 11) is -4.23. The van der Waals surface area contributed by atoms with Crippen LogP contribution >= 0.6 is 11.3 Å². The van der Waals surface area contributed by atoms with Gasteiger partial charge in [0.25, 0.3) is 10.1 Å². The van der Waals surface area contributed by atoms with Crippen molar-refractivity contribution in [3.05, 3.63) is 51.9 Å². The summed E-state index contributed by atoms with van der Waals surface area (Å²) < 4.78 is 32.8. The quantitative estimate of drug-likeness (QED) is 0.642. The van der Waals surface area contributed by atoms with Crippen LogP contribution in [0, 0.1) is 6.92 Å². The van der Waals surface area contributed by atoms with Crippen LogP contribution in [0.2, 0.25) is 0 Å². The van der Waals surface area contributed by atoms with Crippen LogP contribution in [0.1, 0.15) is 12.6 Å². The topological polar surface area (TPSA) is 114 Å². The zero-order chi connectivity index (χ0) is 18.9. The molecule has 2 heterocycles. The van der Waals surface area contributed by atoms with E-state index in [-0.39, 0.29) is 9.77 Å². The molecule has 0 aliphatic carbocycles. The van der Waals surface area contributed by atoms with E-state index >= 15 is 0 Å². The first-order valence-electron chi connectivity index (χ1n) is 7.68. The maximum absolute atomic E-state index is 12.0. The molecule has 2 aromatic heterocycles. The molecule has 0 saturated carbocycles. The Labute approximate surface area is 153 Å². The minimum atomic E-state index is -4.23. The van der Waals surface area contributed by atoms with Crippen molar-refractivity contribution in [1.82, 2.24) is 14.5 Å². The number of nitrogens with one attached hydrogen (secondary N) is 1. The molecule has 0 aliphatic rings. The summed E-state index contributed by atoms with van der Waals surface area (Å²) >= 11 is 1.13. The maximum Gasteiger partial charge on any atom is 0.307 e. The first kappa shape index (κ1) is 18.2. The number of hydrogen-bond donors (Lipinski definition) is 2. The summed E-state index contributed by atoms with van der Waals surface area (Å²) in [5, 5.41) is 2.97. The number of anilines is 2. The molecule has 0 fully saturated rings. The van der Waals surface area contributed by atoms with Crippen molar-refractivity contribution in [2.75, 3.05) is 5.32 Å². The standard InChI is InChI=1S/C16H16N4O4S2/c1-3-20-10(2)14(25-16(20)21)13-8-9-17-15(19-13)18-11-4-6-12(7-5-11)26(22,23)24/h4-9H,3H2,1-2H3,(H,17,18,19)(H,22,23,24). The third-order valence-corrected chi connectivity index (χ3v) is 5.73. The Balaban J connectivity index is 1.90. The van der Waals surface area contributed by atoms with E-state index in [0.29, 0.717) is 23.9 Å². The average Bonchev–Trinajstić information content (AvgIpc) is 2.88. The van der Waals surface area contributed by atoms with Crippen LogP contribution in [0.3, 0.4) is 0 Å². The highest BCUT2D eigenvalue weighted by Gasteiger charge is 2.14. The monoisotopic (exact) mass is 392 g/mol. The largest absolute Gasteiger partial charge is 0.324 e. The first-order chi connectivity index (χ1) is 12.3. The second kappa shape index (κ2) is 6.98. The molecule has 0 unspecified atom stereocenters. The second-order valence-corrected chi connectivity index (χ2v) is 7.80.